The van der Waals surface area contributed by atoms with E-state index >= 15 is 0 Å². The number of alkyl halides is 1. The molecular weight excluding hydrogens is 284 g/mol. The molecule has 0 spiro atoms. The van der Waals surface area contributed by atoms with Crippen LogP contribution in [0.4, 0.5) is 8.78 Å². The maximum absolute atomic E-state index is 13.9. The third kappa shape index (κ3) is 2.65. The van der Waals surface area contributed by atoms with E-state index in [1.54, 1.807) is 13.8 Å². The highest BCUT2D eigenvalue weighted by Crippen LogP contribution is 2.25. The van der Waals surface area contributed by atoms with Crippen molar-refractivity contribution in [1.29, 1.82) is 0 Å². The normalized spacial score (nSPS) is 12.4. The fourth-order valence-electron chi connectivity index (χ4n) is 1.33. The highest BCUT2D eigenvalue weighted by Gasteiger charge is 2.28. The van der Waals surface area contributed by atoms with E-state index in [0.717, 1.165) is 16.4 Å². The van der Waals surface area contributed by atoms with E-state index in [9.17, 15) is 17.2 Å². The summed E-state index contributed by atoms with van der Waals surface area (Å²) in [6.07, 6.45) is 0. The molecule has 1 rings (SSSR count). The molecule has 0 N–H and O–H groups in total. The Kier molecular flexibility index (Phi) is 4.69. The average Bonchev–Trinajstić information content (AvgIpc) is 2.28. The van der Waals surface area contributed by atoms with Gasteiger partial charge in [0.15, 0.2) is 5.82 Å². The fraction of sp³-hybridized carbons (Fsp3) is 0.455. The third-order valence-corrected chi connectivity index (χ3v) is 4.99. The Hall–Kier alpha value is -0.720. The Labute approximate surface area is 110 Å². The maximum atomic E-state index is 13.9. The molecule has 1 aromatic rings. The molecular formula is C11H14ClF2NO2S. The molecule has 0 aromatic heterocycles. The van der Waals surface area contributed by atoms with Crippen LogP contribution in [0.15, 0.2) is 17.0 Å². The molecule has 7 heteroatoms. The summed E-state index contributed by atoms with van der Waals surface area (Å²) in [5, 5.41) is 0. The van der Waals surface area contributed by atoms with Crippen molar-refractivity contribution in [2.75, 3.05) is 7.05 Å². The SMILES string of the molecule is CC(C)N(C)S(=O)(=O)c1ccc(F)c(CCl)c1F. The van der Waals surface area contributed by atoms with Gasteiger partial charge in [0.2, 0.25) is 10.0 Å². The summed E-state index contributed by atoms with van der Waals surface area (Å²) in [5.74, 6) is -2.40. The Morgan fingerprint density at radius 3 is 2.33 bits per heavy atom. The molecule has 18 heavy (non-hydrogen) atoms. The zero-order valence-corrected chi connectivity index (χ0v) is 11.8. The van der Waals surface area contributed by atoms with E-state index in [-0.39, 0.29) is 6.04 Å². The van der Waals surface area contributed by atoms with Crippen LogP contribution in [0.1, 0.15) is 19.4 Å². The zero-order valence-electron chi connectivity index (χ0n) is 10.2. The maximum Gasteiger partial charge on any atom is 0.245 e. The van der Waals surface area contributed by atoms with Crippen LogP contribution in [0.5, 0.6) is 0 Å². The van der Waals surface area contributed by atoms with Gasteiger partial charge in [-0.1, -0.05) is 0 Å². The predicted octanol–water partition coefficient (Wildman–Crippen LogP) is 2.73. The number of hydrogen-bond donors (Lipinski definition) is 0. The summed E-state index contributed by atoms with van der Waals surface area (Å²) in [6.45, 7) is 3.31. The van der Waals surface area contributed by atoms with Crippen LogP contribution < -0.4 is 0 Å². The summed E-state index contributed by atoms with van der Waals surface area (Å²) in [4.78, 5) is -0.559. The Balaban J connectivity index is 3.44. The lowest BCUT2D eigenvalue weighted by Crippen LogP contribution is -2.33. The molecule has 0 saturated heterocycles. The van der Waals surface area contributed by atoms with E-state index in [1.165, 1.54) is 7.05 Å². The lowest BCUT2D eigenvalue weighted by Gasteiger charge is -2.21. The van der Waals surface area contributed by atoms with E-state index in [0.29, 0.717) is 0 Å². The average molecular weight is 298 g/mol. The Morgan fingerprint density at radius 2 is 1.89 bits per heavy atom. The van der Waals surface area contributed by atoms with Crippen LogP contribution in [-0.2, 0) is 15.9 Å². The smallest absolute Gasteiger partial charge is 0.207 e. The number of benzene rings is 1. The fourth-order valence-corrected chi connectivity index (χ4v) is 3.03. The van der Waals surface area contributed by atoms with Crippen LogP contribution in [0.3, 0.4) is 0 Å². The van der Waals surface area contributed by atoms with Gasteiger partial charge in [0.25, 0.3) is 0 Å². The van der Waals surface area contributed by atoms with Crippen molar-refractivity contribution in [3.63, 3.8) is 0 Å². The summed E-state index contributed by atoms with van der Waals surface area (Å²) < 4.78 is 52.4. The first-order valence-electron chi connectivity index (χ1n) is 5.24. The Bertz CT molecular complexity index is 546. The van der Waals surface area contributed by atoms with E-state index in [4.69, 9.17) is 11.6 Å². The molecule has 0 amide bonds. The highest BCUT2D eigenvalue weighted by molar-refractivity contribution is 7.89. The van der Waals surface area contributed by atoms with Crippen LogP contribution in [0.25, 0.3) is 0 Å². The van der Waals surface area contributed by atoms with Gasteiger partial charge in [-0.05, 0) is 26.0 Å². The third-order valence-electron chi connectivity index (χ3n) is 2.67. The molecule has 0 saturated carbocycles. The van der Waals surface area contributed by atoms with Crippen molar-refractivity contribution >= 4 is 21.6 Å². The lowest BCUT2D eigenvalue weighted by molar-refractivity contribution is 0.406. The summed E-state index contributed by atoms with van der Waals surface area (Å²) in [6, 6.07) is 1.48. The monoisotopic (exact) mass is 297 g/mol. The van der Waals surface area contributed by atoms with Crippen molar-refractivity contribution in [1.82, 2.24) is 4.31 Å². The first kappa shape index (κ1) is 15.3. The minimum Gasteiger partial charge on any atom is -0.207 e. The van der Waals surface area contributed by atoms with Gasteiger partial charge >= 0.3 is 0 Å². The first-order valence-corrected chi connectivity index (χ1v) is 7.21. The molecule has 0 aliphatic heterocycles. The first-order chi connectivity index (χ1) is 8.23. The van der Waals surface area contributed by atoms with Crippen molar-refractivity contribution in [2.45, 2.75) is 30.7 Å². The molecule has 0 aliphatic rings. The molecule has 3 nitrogen and oxygen atoms in total. The highest BCUT2D eigenvalue weighted by atomic mass is 35.5. The van der Waals surface area contributed by atoms with Gasteiger partial charge in [0.1, 0.15) is 10.7 Å². The lowest BCUT2D eigenvalue weighted by atomic mass is 10.2. The second-order valence-electron chi connectivity index (χ2n) is 4.09. The quantitative estimate of drug-likeness (QED) is 0.801. The molecule has 0 atom stereocenters. The van der Waals surface area contributed by atoms with Crippen LogP contribution >= 0.6 is 11.6 Å². The van der Waals surface area contributed by atoms with E-state index in [2.05, 4.69) is 0 Å². The molecule has 0 bridgehead atoms. The van der Waals surface area contributed by atoms with Crippen molar-refractivity contribution in [3.05, 3.63) is 29.3 Å². The molecule has 0 radical (unpaired) electrons. The van der Waals surface area contributed by atoms with Crippen LogP contribution in [0.2, 0.25) is 0 Å². The largest absolute Gasteiger partial charge is 0.245 e. The van der Waals surface area contributed by atoms with E-state index < -0.39 is 38.0 Å². The minimum absolute atomic E-state index is 0.334. The van der Waals surface area contributed by atoms with Crippen molar-refractivity contribution in [2.24, 2.45) is 0 Å². The summed E-state index contributed by atoms with van der Waals surface area (Å²) >= 11 is 5.41. The topological polar surface area (TPSA) is 37.4 Å². The summed E-state index contributed by atoms with van der Waals surface area (Å²) in [7, 11) is -2.65. The van der Waals surface area contributed by atoms with Gasteiger partial charge in [-0.3, -0.25) is 0 Å². The Morgan fingerprint density at radius 1 is 1.33 bits per heavy atom. The van der Waals surface area contributed by atoms with Gasteiger partial charge < -0.3 is 0 Å². The van der Waals surface area contributed by atoms with Crippen LogP contribution in [0, 0.1) is 11.6 Å². The molecule has 0 heterocycles. The number of halogens is 3. The minimum atomic E-state index is -3.99. The van der Waals surface area contributed by atoms with Gasteiger partial charge in [0.05, 0.1) is 5.88 Å². The van der Waals surface area contributed by atoms with Crippen molar-refractivity contribution in [3.8, 4) is 0 Å². The van der Waals surface area contributed by atoms with Gasteiger partial charge in [-0.25, -0.2) is 17.2 Å². The number of rotatable bonds is 4. The second kappa shape index (κ2) is 5.50. The van der Waals surface area contributed by atoms with Gasteiger partial charge in [-0.15, -0.1) is 11.6 Å². The molecule has 0 aliphatic carbocycles. The second-order valence-corrected chi connectivity index (χ2v) is 6.32. The van der Waals surface area contributed by atoms with Gasteiger partial charge in [-0.2, -0.15) is 4.31 Å². The van der Waals surface area contributed by atoms with Gasteiger partial charge in [0, 0.05) is 18.7 Å². The molecule has 102 valence electrons. The zero-order chi connectivity index (χ0) is 14.1. The summed E-state index contributed by atoms with van der Waals surface area (Å²) in [5.41, 5.74) is -0.435. The van der Waals surface area contributed by atoms with Crippen molar-refractivity contribution < 1.29 is 17.2 Å². The number of hydrogen-bond acceptors (Lipinski definition) is 2. The number of nitrogens with zero attached hydrogens (tertiary/aromatic N) is 1. The number of sulfonamides is 1. The molecule has 0 fully saturated rings. The van der Waals surface area contributed by atoms with Crippen LogP contribution in [-0.4, -0.2) is 25.8 Å². The molecule has 0 unspecified atom stereocenters. The molecule has 1 aromatic carbocycles. The standard InChI is InChI=1S/C11H14ClF2NO2S/c1-7(2)15(3)18(16,17)10-5-4-9(13)8(6-12)11(10)14/h4-5,7H,6H2,1-3H3. The van der Waals surface area contributed by atoms with E-state index in [1.807, 2.05) is 0 Å². The predicted molar refractivity (Wildman–Crippen MR) is 66.0 cm³/mol.